The van der Waals surface area contributed by atoms with Gasteiger partial charge in [0.25, 0.3) is 0 Å². The zero-order valence-corrected chi connectivity index (χ0v) is 9.48. The highest BCUT2D eigenvalue weighted by Crippen LogP contribution is 2.31. The molecule has 1 heterocycles. The average molecular weight is 211 g/mol. The number of amides is 1. The first-order valence-corrected chi connectivity index (χ1v) is 5.93. The van der Waals surface area contributed by atoms with Crippen LogP contribution in [0.4, 0.5) is 0 Å². The number of hydrogen-bond acceptors (Lipinski definition) is 3. The maximum atomic E-state index is 11.6. The molecule has 0 radical (unpaired) electrons. The topological polar surface area (TPSA) is 49.6 Å². The highest BCUT2D eigenvalue weighted by atomic mass is 16.2. The van der Waals surface area contributed by atoms with Crippen LogP contribution in [0.5, 0.6) is 0 Å². The van der Waals surface area contributed by atoms with E-state index in [1.165, 1.54) is 12.8 Å². The average Bonchev–Trinajstić information content (AvgIpc) is 2.88. The zero-order valence-electron chi connectivity index (χ0n) is 9.48. The van der Waals surface area contributed by atoms with Crippen LogP contribution in [0, 0.1) is 0 Å². The second-order valence-electron chi connectivity index (χ2n) is 4.69. The van der Waals surface area contributed by atoms with Crippen molar-refractivity contribution >= 4 is 5.91 Å². The lowest BCUT2D eigenvalue weighted by Crippen LogP contribution is -2.42. The van der Waals surface area contributed by atoms with Gasteiger partial charge in [-0.3, -0.25) is 9.69 Å². The van der Waals surface area contributed by atoms with Crippen LogP contribution in [-0.4, -0.2) is 54.0 Å². The van der Waals surface area contributed by atoms with Crippen molar-refractivity contribution in [2.75, 3.05) is 26.2 Å². The molecule has 0 aromatic carbocycles. The number of nitrogens with two attached hydrogens (primary N) is 1. The van der Waals surface area contributed by atoms with E-state index in [0.29, 0.717) is 12.1 Å². The molecule has 4 heteroatoms. The lowest BCUT2D eigenvalue weighted by atomic mass is 10.2. The van der Waals surface area contributed by atoms with E-state index in [0.717, 1.165) is 32.6 Å². The van der Waals surface area contributed by atoms with Crippen LogP contribution in [0.2, 0.25) is 0 Å². The summed E-state index contributed by atoms with van der Waals surface area (Å²) in [6.07, 6.45) is 3.52. The Kier molecular flexibility index (Phi) is 3.26. The third-order valence-corrected chi connectivity index (χ3v) is 3.39. The van der Waals surface area contributed by atoms with Gasteiger partial charge in [0.15, 0.2) is 0 Å². The van der Waals surface area contributed by atoms with Gasteiger partial charge in [0, 0.05) is 45.2 Å². The summed E-state index contributed by atoms with van der Waals surface area (Å²) in [5, 5.41) is 0. The van der Waals surface area contributed by atoms with Gasteiger partial charge < -0.3 is 10.6 Å². The zero-order chi connectivity index (χ0) is 10.8. The summed E-state index contributed by atoms with van der Waals surface area (Å²) in [7, 11) is 0. The van der Waals surface area contributed by atoms with Gasteiger partial charge >= 0.3 is 0 Å². The Labute approximate surface area is 91.4 Å². The van der Waals surface area contributed by atoms with Crippen LogP contribution in [0.1, 0.15) is 26.2 Å². The van der Waals surface area contributed by atoms with Crippen molar-refractivity contribution in [2.45, 2.75) is 38.3 Å². The first-order valence-electron chi connectivity index (χ1n) is 5.93. The first kappa shape index (κ1) is 10.9. The molecule has 15 heavy (non-hydrogen) atoms. The third kappa shape index (κ3) is 2.49. The Morgan fingerprint density at radius 2 is 2.13 bits per heavy atom. The SMILES string of the molecule is CC(=O)N(C1CC1)[C@H]1CCN(CCN)C1. The summed E-state index contributed by atoms with van der Waals surface area (Å²) < 4.78 is 0. The monoisotopic (exact) mass is 211 g/mol. The number of rotatable bonds is 4. The highest BCUT2D eigenvalue weighted by molar-refractivity contribution is 5.74. The molecular formula is C11H21N3O. The maximum Gasteiger partial charge on any atom is 0.219 e. The van der Waals surface area contributed by atoms with Gasteiger partial charge in [-0.15, -0.1) is 0 Å². The summed E-state index contributed by atoms with van der Waals surface area (Å²) in [5.41, 5.74) is 5.54. The first-order chi connectivity index (χ1) is 7.22. The van der Waals surface area contributed by atoms with Crippen molar-refractivity contribution < 1.29 is 4.79 Å². The summed E-state index contributed by atoms with van der Waals surface area (Å²) >= 11 is 0. The molecule has 86 valence electrons. The van der Waals surface area contributed by atoms with Crippen molar-refractivity contribution in [3.63, 3.8) is 0 Å². The molecule has 2 rings (SSSR count). The van der Waals surface area contributed by atoms with Gasteiger partial charge in [-0.25, -0.2) is 0 Å². The van der Waals surface area contributed by atoms with Crippen LogP contribution in [0.25, 0.3) is 0 Å². The smallest absolute Gasteiger partial charge is 0.219 e. The van der Waals surface area contributed by atoms with Gasteiger partial charge in [0.2, 0.25) is 5.91 Å². The molecule has 2 N–H and O–H groups in total. The maximum absolute atomic E-state index is 11.6. The molecule has 4 nitrogen and oxygen atoms in total. The number of nitrogens with zero attached hydrogens (tertiary/aromatic N) is 2. The van der Waals surface area contributed by atoms with Crippen LogP contribution in [0.15, 0.2) is 0 Å². The summed E-state index contributed by atoms with van der Waals surface area (Å²) in [5.74, 6) is 0.247. The molecule has 0 aromatic heterocycles. The van der Waals surface area contributed by atoms with Gasteiger partial charge in [-0.05, 0) is 19.3 Å². The number of likely N-dealkylation sites (tertiary alicyclic amines) is 1. The molecule has 1 saturated heterocycles. The lowest BCUT2D eigenvalue weighted by Gasteiger charge is -2.28. The van der Waals surface area contributed by atoms with E-state index in [1.807, 2.05) is 0 Å². The van der Waals surface area contributed by atoms with E-state index in [2.05, 4.69) is 9.80 Å². The van der Waals surface area contributed by atoms with Crippen molar-refractivity contribution in [3.8, 4) is 0 Å². The van der Waals surface area contributed by atoms with E-state index in [1.54, 1.807) is 6.92 Å². The molecule has 2 fully saturated rings. The minimum atomic E-state index is 0.247. The normalized spacial score (nSPS) is 26.9. The van der Waals surface area contributed by atoms with Gasteiger partial charge in [0.1, 0.15) is 0 Å². The Morgan fingerprint density at radius 1 is 1.40 bits per heavy atom. The fourth-order valence-corrected chi connectivity index (χ4v) is 2.59. The minimum Gasteiger partial charge on any atom is -0.336 e. The molecule has 1 amide bonds. The molecule has 2 aliphatic rings. The fraction of sp³-hybridized carbons (Fsp3) is 0.909. The molecule has 1 aliphatic heterocycles. The number of carbonyl (C=O) groups is 1. The quantitative estimate of drug-likeness (QED) is 0.714. The van der Waals surface area contributed by atoms with Crippen LogP contribution in [0.3, 0.4) is 0 Å². The van der Waals surface area contributed by atoms with E-state index in [-0.39, 0.29) is 5.91 Å². The largest absolute Gasteiger partial charge is 0.336 e. The molecular weight excluding hydrogens is 190 g/mol. The van der Waals surface area contributed by atoms with E-state index < -0.39 is 0 Å². The molecule has 1 atom stereocenters. The predicted molar refractivity (Wildman–Crippen MR) is 59.4 cm³/mol. The molecule has 1 saturated carbocycles. The van der Waals surface area contributed by atoms with Crippen molar-refractivity contribution in [2.24, 2.45) is 5.73 Å². The molecule has 0 spiro atoms. The predicted octanol–water partition coefficient (Wildman–Crippen LogP) is 0.0303. The van der Waals surface area contributed by atoms with Crippen LogP contribution >= 0.6 is 0 Å². The third-order valence-electron chi connectivity index (χ3n) is 3.39. The Hall–Kier alpha value is -0.610. The lowest BCUT2D eigenvalue weighted by molar-refractivity contribution is -0.131. The summed E-state index contributed by atoms with van der Waals surface area (Å²) in [6.45, 7) is 5.50. The molecule has 0 unspecified atom stereocenters. The van der Waals surface area contributed by atoms with Crippen LogP contribution in [-0.2, 0) is 4.79 Å². The highest BCUT2D eigenvalue weighted by Gasteiger charge is 2.38. The summed E-state index contributed by atoms with van der Waals surface area (Å²) in [6, 6.07) is 0.992. The number of carbonyl (C=O) groups excluding carboxylic acids is 1. The molecule has 1 aliphatic carbocycles. The van der Waals surface area contributed by atoms with E-state index in [9.17, 15) is 4.79 Å². The van der Waals surface area contributed by atoms with Crippen molar-refractivity contribution in [1.82, 2.24) is 9.80 Å². The van der Waals surface area contributed by atoms with E-state index in [4.69, 9.17) is 5.73 Å². The van der Waals surface area contributed by atoms with Crippen molar-refractivity contribution in [3.05, 3.63) is 0 Å². The van der Waals surface area contributed by atoms with Gasteiger partial charge in [-0.1, -0.05) is 0 Å². The Bertz CT molecular complexity index is 240. The Morgan fingerprint density at radius 3 is 2.67 bits per heavy atom. The second kappa shape index (κ2) is 4.49. The van der Waals surface area contributed by atoms with E-state index >= 15 is 0 Å². The van der Waals surface area contributed by atoms with Gasteiger partial charge in [0.05, 0.1) is 0 Å². The van der Waals surface area contributed by atoms with Crippen molar-refractivity contribution in [1.29, 1.82) is 0 Å². The number of hydrogen-bond donors (Lipinski definition) is 1. The second-order valence-corrected chi connectivity index (χ2v) is 4.69. The minimum absolute atomic E-state index is 0.247. The van der Waals surface area contributed by atoms with Crippen LogP contribution < -0.4 is 5.73 Å². The Balaban J connectivity index is 1.89. The molecule has 0 aromatic rings. The van der Waals surface area contributed by atoms with Gasteiger partial charge in [-0.2, -0.15) is 0 Å². The molecule has 0 bridgehead atoms. The fourth-order valence-electron chi connectivity index (χ4n) is 2.59. The standard InChI is InChI=1S/C11H21N3O/c1-9(15)14(10-2-3-10)11-4-6-13(8-11)7-5-12/h10-11H,2-8,12H2,1H3/t11-/m0/s1. The summed E-state index contributed by atoms with van der Waals surface area (Å²) in [4.78, 5) is 16.0.